The smallest absolute Gasteiger partial charge is 0.339 e. The summed E-state index contributed by atoms with van der Waals surface area (Å²) in [5.74, 6) is -0.161. The monoisotopic (exact) mass is 490 g/mol. The number of aryl methyl sites for hydroxylation is 1. The molecule has 0 heterocycles. The van der Waals surface area contributed by atoms with Crippen LogP contribution in [-0.2, 0) is 20.2 Å². The quantitative estimate of drug-likeness (QED) is 0.454. The summed E-state index contributed by atoms with van der Waals surface area (Å²) in [4.78, 5) is 12.4. The maximum Gasteiger partial charge on any atom is 0.339 e. The SMILES string of the molecule is CCS(=O)(=O)Oc1ccccc1NC(=O)Nc1ccc(OS(=O)(=O)c2ccc(C)cc2)cc1. The largest absolute Gasteiger partial charge is 0.380 e. The lowest BCUT2D eigenvalue weighted by molar-refractivity contribution is 0.262. The van der Waals surface area contributed by atoms with Gasteiger partial charge in [-0.2, -0.15) is 16.8 Å². The Bertz CT molecular complexity index is 1340. The molecular weight excluding hydrogens is 468 g/mol. The molecule has 9 nitrogen and oxygen atoms in total. The summed E-state index contributed by atoms with van der Waals surface area (Å²) in [5, 5.41) is 5.08. The van der Waals surface area contributed by atoms with Crippen molar-refractivity contribution < 1.29 is 30.0 Å². The molecule has 2 N–H and O–H groups in total. The van der Waals surface area contributed by atoms with Gasteiger partial charge in [-0.05, 0) is 62.4 Å². The van der Waals surface area contributed by atoms with E-state index in [0.29, 0.717) is 5.69 Å². The summed E-state index contributed by atoms with van der Waals surface area (Å²) in [5.41, 5.74) is 1.44. The maximum absolute atomic E-state index is 12.4. The topological polar surface area (TPSA) is 128 Å². The molecule has 0 radical (unpaired) electrons. The van der Waals surface area contributed by atoms with Gasteiger partial charge in [-0.15, -0.1) is 0 Å². The fourth-order valence-electron chi connectivity index (χ4n) is 2.60. The Balaban J connectivity index is 1.65. The zero-order valence-electron chi connectivity index (χ0n) is 17.8. The van der Waals surface area contributed by atoms with Crippen molar-refractivity contribution in [2.75, 3.05) is 16.4 Å². The molecule has 33 heavy (non-hydrogen) atoms. The van der Waals surface area contributed by atoms with E-state index in [1.54, 1.807) is 24.3 Å². The average Bonchev–Trinajstić information content (AvgIpc) is 2.76. The summed E-state index contributed by atoms with van der Waals surface area (Å²) in [7, 11) is -7.76. The third kappa shape index (κ3) is 6.70. The van der Waals surface area contributed by atoms with Crippen LogP contribution in [0.5, 0.6) is 11.5 Å². The van der Waals surface area contributed by atoms with Crippen molar-refractivity contribution >= 4 is 37.6 Å². The molecule has 0 atom stereocenters. The number of nitrogens with one attached hydrogen (secondary N) is 2. The molecule has 0 aliphatic carbocycles. The Kier molecular flexibility index (Phi) is 7.24. The number of rotatable bonds is 8. The van der Waals surface area contributed by atoms with Crippen LogP contribution in [0.4, 0.5) is 16.2 Å². The Morgan fingerprint density at radius 3 is 2.09 bits per heavy atom. The lowest BCUT2D eigenvalue weighted by atomic mass is 10.2. The van der Waals surface area contributed by atoms with E-state index in [9.17, 15) is 21.6 Å². The van der Waals surface area contributed by atoms with Gasteiger partial charge in [-0.3, -0.25) is 0 Å². The van der Waals surface area contributed by atoms with E-state index in [-0.39, 0.29) is 27.8 Å². The molecule has 0 aliphatic rings. The highest BCUT2D eigenvalue weighted by atomic mass is 32.2. The van der Waals surface area contributed by atoms with E-state index in [4.69, 9.17) is 8.37 Å². The van der Waals surface area contributed by atoms with E-state index in [0.717, 1.165) is 5.56 Å². The van der Waals surface area contributed by atoms with E-state index in [1.165, 1.54) is 55.5 Å². The predicted octanol–water partition coefficient (Wildman–Crippen LogP) is 4.14. The number of amides is 2. The van der Waals surface area contributed by atoms with Gasteiger partial charge >= 0.3 is 26.3 Å². The molecule has 0 unspecified atom stereocenters. The highest BCUT2D eigenvalue weighted by Gasteiger charge is 2.17. The molecule has 0 fully saturated rings. The minimum atomic E-state index is -3.99. The van der Waals surface area contributed by atoms with Gasteiger partial charge in [0.05, 0.1) is 11.4 Å². The van der Waals surface area contributed by atoms with Crippen LogP contribution in [0, 0.1) is 6.92 Å². The van der Waals surface area contributed by atoms with Crippen LogP contribution in [0.1, 0.15) is 12.5 Å². The van der Waals surface area contributed by atoms with Gasteiger partial charge < -0.3 is 19.0 Å². The first kappa shape index (κ1) is 24.1. The summed E-state index contributed by atoms with van der Waals surface area (Å²) in [6, 6.07) is 17.4. The van der Waals surface area contributed by atoms with Gasteiger partial charge in [-0.25, -0.2) is 4.79 Å². The van der Waals surface area contributed by atoms with Crippen LogP contribution in [0.25, 0.3) is 0 Å². The molecule has 3 aromatic carbocycles. The van der Waals surface area contributed by atoms with Gasteiger partial charge in [0.25, 0.3) is 0 Å². The zero-order valence-corrected chi connectivity index (χ0v) is 19.4. The molecule has 0 aromatic heterocycles. The van der Waals surface area contributed by atoms with Crippen LogP contribution < -0.4 is 19.0 Å². The number of anilines is 2. The fraction of sp³-hybridized carbons (Fsp3) is 0.136. The third-order valence-corrected chi connectivity index (χ3v) is 6.74. The van der Waals surface area contributed by atoms with Gasteiger partial charge in [0.2, 0.25) is 0 Å². The first-order valence-corrected chi connectivity index (χ1v) is 12.8. The molecule has 3 rings (SSSR count). The lowest BCUT2D eigenvalue weighted by Crippen LogP contribution is -2.20. The Morgan fingerprint density at radius 2 is 1.45 bits per heavy atom. The highest BCUT2D eigenvalue weighted by molar-refractivity contribution is 7.87. The second kappa shape index (κ2) is 9.92. The Labute approximate surface area is 192 Å². The number of hydrogen-bond acceptors (Lipinski definition) is 7. The van der Waals surface area contributed by atoms with Crippen molar-refractivity contribution in [2.45, 2.75) is 18.7 Å². The van der Waals surface area contributed by atoms with Gasteiger partial charge in [0.15, 0.2) is 5.75 Å². The van der Waals surface area contributed by atoms with Crippen molar-refractivity contribution in [1.82, 2.24) is 0 Å². The molecule has 2 amide bonds. The molecule has 0 aliphatic heterocycles. The third-order valence-electron chi connectivity index (χ3n) is 4.33. The molecule has 0 saturated heterocycles. The molecule has 0 bridgehead atoms. The lowest BCUT2D eigenvalue weighted by Gasteiger charge is -2.13. The van der Waals surface area contributed by atoms with E-state index < -0.39 is 26.3 Å². The number of hydrogen-bond donors (Lipinski definition) is 2. The Morgan fingerprint density at radius 1 is 0.818 bits per heavy atom. The van der Waals surface area contributed by atoms with Crippen LogP contribution in [0.2, 0.25) is 0 Å². The molecule has 3 aromatic rings. The number of para-hydroxylation sites is 2. The molecule has 174 valence electrons. The van der Waals surface area contributed by atoms with E-state index in [2.05, 4.69) is 10.6 Å². The second-order valence-electron chi connectivity index (χ2n) is 6.88. The van der Waals surface area contributed by atoms with Crippen molar-refractivity contribution in [3.8, 4) is 11.5 Å². The molecular formula is C22H22N2O7S2. The molecule has 11 heteroatoms. The minimum absolute atomic E-state index is 0.0143. The minimum Gasteiger partial charge on any atom is -0.380 e. The van der Waals surface area contributed by atoms with Crippen molar-refractivity contribution in [1.29, 1.82) is 0 Å². The number of carbonyl (C=O) groups excluding carboxylic acids is 1. The highest BCUT2D eigenvalue weighted by Crippen LogP contribution is 2.26. The van der Waals surface area contributed by atoms with E-state index in [1.807, 2.05) is 6.92 Å². The molecule has 0 saturated carbocycles. The van der Waals surface area contributed by atoms with Crippen LogP contribution >= 0.6 is 0 Å². The summed E-state index contributed by atoms with van der Waals surface area (Å²) < 4.78 is 58.3. The number of urea groups is 1. The predicted molar refractivity (Wildman–Crippen MR) is 125 cm³/mol. The van der Waals surface area contributed by atoms with Crippen molar-refractivity contribution in [3.63, 3.8) is 0 Å². The van der Waals surface area contributed by atoms with E-state index >= 15 is 0 Å². The summed E-state index contributed by atoms with van der Waals surface area (Å²) in [6.07, 6.45) is 0. The first-order chi connectivity index (χ1) is 15.6. The molecule has 0 spiro atoms. The van der Waals surface area contributed by atoms with Crippen LogP contribution in [0.3, 0.4) is 0 Å². The van der Waals surface area contributed by atoms with Gasteiger partial charge in [-0.1, -0.05) is 29.8 Å². The first-order valence-electron chi connectivity index (χ1n) is 9.78. The van der Waals surface area contributed by atoms with Crippen molar-refractivity contribution in [2.24, 2.45) is 0 Å². The zero-order chi connectivity index (χ0) is 24.1. The maximum atomic E-state index is 12.4. The standard InChI is InChI=1S/C22H22N2O7S2/c1-3-32(26,27)31-21-7-5-4-6-20(21)24-22(25)23-17-10-12-18(13-11-17)30-33(28,29)19-14-8-16(2)9-15-19/h4-15H,3H2,1-2H3,(H2,23,24,25). The van der Waals surface area contributed by atoms with Gasteiger partial charge in [0.1, 0.15) is 10.6 Å². The van der Waals surface area contributed by atoms with Crippen LogP contribution in [0.15, 0.2) is 77.7 Å². The normalized spacial score (nSPS) is 11.5. The fourth-order valence-corrected chi connectivity index (χ4v) is 4.06. The average molecular weight is 491 g/mol. The van der Waals surface area contributed by atoms with Crippen LogP contribution in [-0.4, -0.2) is 28.6 Å². The van der Waals surface area contributed by atoms with Crippen molar-refractivity contribution in [3.05, 3.63) is 78.4 Å². The Hall–Kier alpha value is -3.57. The van der Waals surface area contributed by atoms with Gasteiger partial charge in [0, 0.05) is 5.69 Å². The second-order valence-corrected chi connectivity index (χ2v) is 10.3. The number of benzene rings is 3. The summed E-state index contributed by atoms with van der Waals surface area (Å²) >= 11 is 0. The summed E-state index contributed by atoms with van der Waals surface area (Å²) in [6.45, 7) is 3.29. The number of carbonyl (C=O) groups is 1.